The van der Waals surface area contributed by atoms with Crippen LogP contribution in [0.5, 0.6) is 11.5 Å². The Labute approximate surface area is 158 Å². The fraction of sp³-hybridized carbons (Fsp3) is 0.400. The molecule has 5 nitrogen and oxygen atoms in total. The molecule has 0 bridgehead atoms. The van der Waals surface area contributed by atoms with Gasteiger partial charge in [-0.15, -0.1) is 17.9 Å². The number of thiazole rings is 1. The molecule has 0 spiro atoms. The summed E-state index contributed by atoms with van der Waals surface area (Å²) in [5.74, 6) is 0.969. The monoisotopic (exact) mass is 372 g/mol. The lowest BCUT2D eigenvalue weighted by molar-refractivity contribution is 0.102. The molecular weight excluding hydrogens is 348 g/mol. The second-order valence-electron chi connectivity index (χ2n) is 6.27. The lowest BCUT2D eigenvalue weighted by Crippen LogP contribution is -2.13. The Bertz CT molecular complexity index is 790. The fourth-order valence-electron chi connectivity index (χ4n) is 3.23. The Morgan fingerprint density at radius 2 is 2.08 bits per heavy atom. The zero-order chi connectivity index (χ0) is 18.5. The minimum atomic E-state index is -0.194. The second-order valence-corrected chi connectivity index (χ2v) is 7.35. The van der Waals surface area contributed by atoms with E-state index in [9.17, 15) is 4.79 Å². The van der Waals surface area contributed by atoms with Gasteiger partial charge in [0, 0.05) is 16.0 Å². The number of anilines is 1. The first-order valence-electron chi connectivity index (χ1n) is 8.82. The highest BCUT2D eigenvalue weighted by Gasteiger charge is 2.19. The minimum absolute atomic E-state index is 0.194. The van der Waals surface area contributed by atoms with Gasteiger partial charge in [0.25, 0.3) is 5.91 Å². The van der Waals surface area contributed by atoms with Crippen molar-refractivity contribution in [3.63, 3.8) is 0 Å². The Morgan fingerprint density at radius 1 is 1.27 bits per heavy atom. The number of aromatic nitrogens is 1. The van der Waals surface area contributed by atoms with E-state index in [2.05, 4.69) is 16.9 Å². The molecule has 0 saturated carbocycles. The molecular formula is C20H24N2O3S. The van der Waals surface area contributed by atoms with Crippen molar-refractivity contribution in [2.45, 2.75) is 38.5 Å². The number of fused-ring (bicyclic) bond motifs is 1. The SMILES string of the molecule is C=CCc1cc(C(=O)Nc2nc3c(s2)CCCCC3)cc(OC)c1OC. The van der Waals surface area contributed by atoms with E-state index in [0.717, 1.165) is 24.1 Å². The van der Waals surface area contributed by atoms with Crippen LogP contribution in [0.4, 0.5) is 5.13 Å². The zero-order valence-electron chi connectivity index (χ0n) is 15.3. The number of hydrogen-bond acceptors (Lipinski definition) is 5. The molecule has 0 aliphatic heterocycles. The van der Waals surface area contributed by atoms with Crippen LogP contribution in [0.15, 0.2) is 24.8 Å². The molecule has 0 saturated heterocycles. The van der Waals surface area contributed by atoms with E-state index in [1.807, 2.05) is 6.07 Å². The van der Waals surface area contributed by atoms with Gasteiger partial charge in [-0.1, -0.05) is 12.5 Å². The van der Waals surface area contributed by atoms with Crippen LogP contribution in [0.25, 0.3) is 0 Å². The van der Waals surface area contributed by atoms with Crippen molar-refractivity contribution in [1.29, 1.82) is 0 Å². The lowest BCUT2D eigenvalue weighted by atomic mass is 10.1. The molecule has 6 heteroatoms. The molecule has 2 aromatic rings. The molecule has 26 heavy (non-hydrogen) atoms. The molecule has 0 fully saturated rings. The van der Waals surface area contributed by atoms with Crippen LogP contribution in [-0.2, 0) is 19.3 Å². The molecule has 1 aliphatic rings. The molecule has 0 atom stereocenters. The quantitative estimate of drug-likeness (QED) is 0.603. The van der Waals surface area contributed by atoms with Crippen LogP contribution in [0, 0.1) is 0 Å². The van der Waals surface area contributed by atoms with Gasteiger partial charge in [0.15, 0.2) is 16.6 Å². The second kappa shape index (κ2) is 8.36. The molecule has 1 heterocycles. The van der Waals surface area contributed by atoms with Crippen molar-refractivity contribution in [3.8, 4) is 11.5 Å². The highest BCUT2D eigenvalue weighted by molar-refractivity contribution is 7.15. The predicted octanol–water partition coefficient (Wildman–Crippen LogP) is 4.41. The van der Waals surface area contributed by atoms with Gasteiger partial charge in [0.2, 0.25) is 0 Å². The number of carbonyl (C=O) groups excluding carboxylic acids is 1. The van der Waals surface area contributed by atoms with Crippen LogP contribution in [0.1, 0.15) is 45.8 Å². The topological polar surface area (TPSA) is 60.5 Å². The molecule has 1 N–H and O–H groups in total. The summed E-state index contributed by atoms with van der Waals surface area (Å²) < 4.78 is 10.8. The molecule has 1 amide bonds. The number of benzene rings is 1. The molecule has 1 aromatic heterocycles. The smallest absolute Gasteiger partial charge is 0.257 e. The summed E-state index contributed by atoms with van der Waals surface area (Å²) in [6, 6.07) is 3.51. The van der Waals surface area contributed by atoms with Crippen molar-refractivity contribution >= 4 is 22.4 Å². The number of methoxy groups -OCH3 is 2. The van der Waals surface area contributed by atoms with E-state index in [4.69, 9.17) is 9.47 Å². The van der Waals surface area contributed by atoms with Gasteiger partial charge in [-0.2, -0.15) is 0 Å². The molecule has 1 aliphatic carbocycles. The summed E-state index contributed by atoms with van der Waals surface area (Å²) in [7, 11) is 3.15. The van der Waals surface area contributed by atoms with Gasteiger partial charge in [-0.25, -0.2) is 4.98 Å². The third-order valence-electron chi connectivity index (χ3n) is 4.50. The van der Waals surface area contributed by atoms with Crippen LogP contribution < -0.4 is 14.8 Å². The van der Waals surface area contributed by atoms with Crippen LogP contribution in [0.3, 0.4) is 0 Å². The molecule has 138 valence electrons. The third kappa shape index (κ3) is 3.90. The van der Waals surface area contributed by atoms with Crippen LogP contribution >= 0.6 is 11.3 Å². The first-order valence-corrected chi connectivity index (χ1v) is 9.63. The molecule has 3 rings (SSSR count). The molecule has 1 aromatic carbocycles. The maximum absolute atomic E-state index is 12.8. The van der Waals surface area contributed by atoms with Crippen molar-refractivity contribution in [2.75, 3.05) is 19.5 Å². The summed E-state index contributed by atoms with van der Waals surface area (Å²) >= 11 is 1.59. The summed E-state index contributed by atoms with van der Waals surface area (Å²) in [4.78, 5) is 18.7. The van der Waals surface area contributed by atoms with Crippen molar-refractivity contribution in [1.82, 2.24) is 4.98 Å². The average molecular weight is 372 g/mol. The molecule has 0 radical (unpaired) electrons. The van der Waals surface area contributed by atoms with Crippen molar-refractivity contribution < 1.29 is 14.3 Å². The number of hydrogen-bond donors (Lipinski definition) is 1. The van der Waals surface area contributed by atoms with Gasteiger partial charge >= 0.3 is 0 Å². The Kier molecular flexibility index (Phi) is 5.93. The number of nitrogens with one attached hydrogen (secondary N) is 1. The first kappa shape index (κ1) is 18.5. The number of carbonyl (C=O) groups is 1. The fourth-order valence-corrected chi connectivity index (χ4v) is 4.28. The predicted molar refractivity (Wildman–Crippen MR) is 105 cm³/mol. The van der Waals surface area contributed by atoms with Gasteiger partial charge in [0.05, 0.1) is 19.9 Å². The zero-order valence-corrected chi connectivity index (χ0v) is 16.1. The third-order valence-corrected chi connectivity index (χ3v) is 5.57. The highest BCUT2D eigenvalue weighted by atomic mass is 32.1. The summed E-state index contributed by atoms with van der Waals surface area (Å²) in [5, 5.41) is 3.61. The molecule has 0 unspecified atom stereocenters. The Hall–Kier alpha value is -2.34. The summed E-state index contributed by atoms with van der Waals surface area (Å²) in [6.07, 6.45) is 8.05. The van der Waals surface area contributed by atoms with E-state index in [1.165, 1.54) is 24.1 Å². The Balaban J connectivity index is 1.85. The summed E-state index contributed by atoms with van der Waals surface area (Å²) in [6.45, 7) is 3.77. The van der Waals surface area contributed by atoms with E-state index >= 15 is 0 Å². The number of nitrogens with zero attached hydrogens (tertiary/aromatic N) is 1. The maximum atomic E-state index is 12.8. The van der Waals surface area contributed by atoms with Crippen LogP contribution in [-0.4, -0.2) is 25.1 Å². The normalized spacial score (nSPS) is 13.5. The van der Waals surface area contributed by atoms with Gasteiger partial charge in [-0.3, -0.25) is 10.1 Å². The Morgan fingerprint density at radius 3 is 2.81 bits per heavy atom. The van der Waals surface area contributed by atoms with E-state index in [-0.39, 0.29) is 5.91 Å². The number of rotatable bonds is 6. The number of amides is 1. The van der Waals surface area contributed by atoms with Gasteiger partial charge < -0.3 is 9.47 Å². The average Bonchev–Trinajstić information content (AvgIpc) is 2.89. The number of ether oxygens (including phenoxy) is 2. The highest BCUT2D eigenvalue weighted by Crippen LogP contribution is 2.34. The minimum Gasteiger partial charge on any atom is -0.493 e. The first-order chi connectivity index (χ1) is 12.7. The maximum Gasteiger partial charge on any atom is 0.257 e. The lowest BCUT2D eigenvalue weighted by Gasteiger charge is -2.14. The van der Waals surface area contributed by atoms with Gasteiger partial charge in [-0.05, 0) is 44.2 Å². The van der Waals surface area contributed by atoms with E-state index in [0.29, 0.717) is 28.6 Å². The van der Waals surface area contributed by atoms with Crippen LogP contribution in [0.2, 0.25) is 0 Å². The summed E-state index contributed by atoms with van der Waals surface area (Å²) in [5.41, 5.74) is 2.52. The standard InChI is InChI=1S/C20H24N2O3S/c1-4-8-13-11-14(12-16(24-2)18(13)25-3)19(23)22-20-21-15-9-6-5-7-10-17(15)26-20/h4,11-12H,1,5-10H2,2-3H3,(H,21,22,23). The van der Waals surface area contributed by atoms with E-state index in [1.54, 1.807) is 37.7 Å². The largest absolute Gasteiger partial charge is 0.493 e. The number of aryl methyl sites for hydroxylation is 2. The van der Waals surface area contributed by atoms with Crippen molar-refractivity contribution in [3.05, 3.63) is 46.5 Å². The number of allylic oxidation sites excluding steroid dienone is 1. The van der Waals surface area contributed by atoms with Crippen molar-refractivity contribution in [2.24, 2.45) is 0 Å². The van der Waals surface area contributed by atoms with E-state index < -0.39 is 0 Å². The van der Waals surface area contributed by atoms with Gasteiger partial charge in [0.1, 0.15) is 0 Å².